The fourth-order valence-corrected chi connectivity index (χ4v) is 3.30. The molecule has 1 aromatic heterocycles. The molecule has 118 valence electrons. The average Bonchev–Trinajstić information content (AvgIpc) is 2.71. The van der Waals surface area contributed by atoms with Crippen LogP contribution in [0.25, 0.3) is 10.9 Å². The summed E-state index contributed by atoms with van der Waals surface area (Å²) in [5.41, 5.74) is 3.06. The van der Waals surface area contributed by atoms with Crippen molar-refractivity contribution in [2.24, 2.45) is 0 Å². The van der Waals surface area contributed by atoms with Gasteiger partial charge in [0.05, 0.1) is 6.54 Å². The Morgan fingerprint density at radius 3 is 2.82 bits per heavy atom. The largest absolute Gasteiger partial charge is 0.444 e. The van der Waals surface area contributed by atoms with Gasteiger partial charge in [0, 0.05) is 39.1 Å². The number of carbonyl (C=O) groups excluding carboxylic acids is 1. The Kier molecular flexibility index (Phi) is 3.71. The van der Waals surface area contributed by atoms with Crippen LogP contribution in [0.1, 0.15) is 39.0 Å². The van der Waals surface area contributed by atoms with Crippen molar-refractivity contribution in [3.05, 3.63) is 33.9 Å². The molecule has 0 radical (unpaired) electrons. The van der Waals surface area contributed by atoms with Crippen molar-refractivity contribution in [3.63, 3.8) is 0 Å². The highest BCUT2D eigenvalue weighted by molar-refractivity contribution is 9.10. The SMILES string of the molecule is CC1Cc2[nH]c3cc(Br)ccc3c2CN1C(=O)OC(C)(C)C. The van der Waals surface area contributed by atoms with Gasteiger partial charge in [-0.25, -0.2) is 4.79 Å². The zero-order valence-electron chi connectivity index (χ0n) is 13.4. The van der Waals surface area contributed by atoms with Gasteiger partial charge in [-0.1, -0.05) is 22.0 Å². The van der Waals surface area contributed by atoms with E-state index >= 15 is 0 Å². The number of amides is 1. The molecule has 1 unspecified atom stereocenters. The maximum atomic E-state index is 12.4. The van der Waals surface area contributed by atoms with Gasteiger partial charge in [0.15, 0.2) is 0 Å². The van der Waals surface area contributed by atoms with E-state index in [2.05, 4.69) is 40.0 Å². The van der Waals surface area contributed by atoms with Crippen molar-refractivity contribution in [1.29, 1.82) is 0 Å². The smallest absolute Gasteiger partial charge is 0.410 e. The van der Waals surface area contributed by atoms with E-state index < -0.39 is 5.60 Å². The number of aromatic nitrogens is 1. The van der Waals surface area contributed by atoms with E-state index in [-0.39, 0.29) is 12.1 Å². The quantitative estimate of drug-likeness (QED) is 0.741. The molecule has 0 fully saturated rings. The summed E-state index contributed by atoms with van der Waals surface area (Å²) in [5.74, 6) is 0. The van der Waals surface area contributed by atoms with Gasteiger partial charge in [-0.3, -0.25) is 0 Å². The predicted octanol–water partition coefficient (Wildman–Crippen LogP) is 4.61. The highest BCUT2D eigenvalue weighted by Gasteiger charge is 2.32. The number of nitrogens with one attached hydrogen (secondary N) is 1. The standard InChI is InChI=1S/C17H21BrN2O2/c1-10-7-14-13(9-20(10)16(21)22-17(2,3)4)12-6-5-11(18)8-15(12)19-14/h5-6,8,10,19H,7,9H2,1-4H3. The lowest BCUT2D eigenvalue weighted by atomic mass is 10.00. The summed E-state index contributed by atoms with van der Waals surface area (Å²) in [6.45, 7) is 8.35. The summed E-state index contributed by atoms with van der Waals surface area (Å²) in [6, 6.07) is 6.33. The number of hydrogen-bond acceptors (Lipinski definition) is 2. The van der Waals surface area contributed by atoms with Crippen molar-refractivity contribution in [1.82, 2.24) is 9.88 Å². The molecule has 1 aliphatic rings. The van der Waals surface area contributed by atoms with E-state index in [1.54, 1.807) is 0 Å². The molecule has 0 spiro atoms. The molecule has 1 N–H and O–H groups in total. The second-order valence-corrected chi connectivity index (χ2v) is 7.85. The third-order valence-electron chi connectivity index (χ3n) is 3.94. The second kappa shape index (κ2) is 5.30. The van der Waals surface area contributed by atoms with Crippen LogP contribution in [0.15, 0.2) is 22.7 Å². The minimum absolute atomic E-state index is 0.124. The van der Waals surface area contributed by atoms with Crippen LogP contribution < -0.4 is 0 Å². The van der Waals surface area contributed by atoms with Gasteiger partial charge in [-0.15, -0.1) is 0 Å². The number of halogens is 1. The van der Waals surface area contributed by atoms with Crippen LogP contribution in [0.5, 0.6) is 0 Å². The van der Waals surface area contributed by atoms with Gasteiger partial charge >= 0.3 is 6.09 Å². The lowest BCUT2D eigenvalue weighted by Gasteiger charge is -2.35. The lowest BCUT2D eigenvalue weighted by Crippen LogP contribution is -2.45. The number of benzene rings is 1. The number of nitrogens with zero attached hydrogens (tertiary/aromatic N) is 1. The average molecular weight is 365 g/mol. The maximum Gasteiger partial charge on any atom is 0.410 e. The molecule has 2 heterocycles. The zero-order chi connectivity index (χ0) is 16.1. The third-order valence-corrected chi connectivity index (χ3v) is 4.44. The van der Waals surface area contributed by atoms with Crippen LogP contribution >= 0.6 is 15.9 Å². The van der Waals surface area contributed by atoms with E-state index in [1.807, 2.05) is 31.7 Å². The van der Waals surface area contributed by atoms with Gasteiger partial charge in [0.1, 0.15) is 5.60 Å². The monoisotopic (exact) mass is 364 g/mol. The van der Waals surface area contributed by atoms with Gasteiger partial charge < -0.3 is 14.6 Å². The molecule has 22 heavy (non-hydrogen) atoms. The van der Waals surface area contributed by atoms with E-state index in [1.165, 1.54) is 16.6 Å². The molecule has 0 bridgehead atoms. The fraction of sp³-hybridized carbons (Fsp3) is 0.471. The summed E-state index contributed by atoms with van der Waals surface area (Å²) in [5, 5.41) is 1.18. The Morgan fingerprint density at radius 1 is 1.41 bits per heavy atom. The molecule has 1 amide bonds. The molecular formula is C17H21BrN2O2. The van der Waals surface area contributed by atoms with Crippen LogP contribution in [-0.4, -0.2) is 27.6 Å². The van der Waals surface area contributed by atoms with Crippen molar-refractivity contribution in [3.8, 4) is 0 Å². The number of ether oxygens (including phenoxy) is 1. The molecule has 1 atom stereocenters. The van der Waals surface area contributed by atoms with Gasteiger partial charge in [0.25, 0.3) is 0 Å². The van der Waals surface area contributed by atoms with Gasteiger partial charge in [-0.2, -0.15) is 0 Å². The summed E-state index contributed by atoms with van der Waals surface area (Å²) in [6.07, 6.45) is 0.582. The lowest BCUT2D eigenvalue weighted by molar-refractivity contribution is 0.0139. The van der Waals surface area contributed by atoms with Crippen LogP contribution in [-0.2, 0) is 17.7 Å². The Balaban J connectivity index is 1.94. The maximum absolute atomic E-state index is 12.4. The van der Waals surface area contributed by atoms with E-state index in [9.17, 15) is 4.79 Å². The first-order valence-corrected chi connectivity index (χ1v) is 8.32. The normalized spacial score (nSPS) is 18.4. The van der Waals surface area contributed by atoms with Crippen molar-refractivity contribution in [2.75, 3.05) is 0 Å². The Bertz CT molecular complexity index is 730. The molecule has 0 aliphatic carbocycles. The van der Waals surface area contributed by atoms with Gasteiger partial charge in [0.2, 0.25) is 0 Å². The number of carbonyl (C=O) groups is 1. The van der Waals surface area contributed by atoms with Crippen molar-refractivity contribution in [2.45, 2.75) is 52.3 Å². The number of rotatable bonds is 0. The summed E-state index contributed by atoms with van der Waals surface area (Å²) < 4.78 is 6.59. The molecule has 2 aromatic rings. The van der Waals surface area contributed by atoms with Crippen LogP contribution in [0.3, 0.4) is 0 Å². The van der Waals surface area contributed by atoms with Crippen LogP contribution in [0, 0.1) is 0 Å². The summed E-state index contributed by atoms with van der Waals surface area (Å²) in [7, 11) is 0. The van der Waals surface area contributed by atoms with Crippen LogP contribution in [0.2, 0.25) is 0 Å². The van der Waals surface area contributed by atoms with Crippen molar-refractivity contribution < 1.29 is 9.53 Å². The zero-order valence-corrected chi connectivity index (χ0v) is 15.0. The van der Waals surface area contributed by atoms with Gasteiger partial charge in [-0.05, 0) is 39.8 Å². The summed E-state index contributed by atoms with van der Waals surface area (Å²) >= 11 is 3.50. The fourth-order valence-electron chi connectivity index (χ4n) is 2.94. The Labute approximate surface area is 139 Å². The molecule has 0 saturated heterocycles. The second-order valence-electron chi connectivity index (χ2n) is 6.93. The molecule has 3 rings (SSSR count). The first-order chi connectivity index (χ1) is 10.2. The molecule has 1 aromatic carbocycles. The number of H-pyrrole nitrogens is 1. The molecule has 1 aliphatic heterocycles. The summed E-state index contributed by atoms with van der Waals surface area (Å²) in [4.78, 5) is 17.7. The minimum atomic E-state index is -0.470. The predicted molar refractivity (Wildman–Crippen MR) is 90.9 cm³/mol. The number of fused-ring (bicyclic) bond motifs is 3. The topological polar surface area (TPSA) is 45.3 Å². The number of aromatic amines is 1. The minimum Gasteiger partial charge on any atom is -0.444 e. The van der Waals surface area contributed by atoms with E-state index in [4.69, 9.17) is 4.74 Å². The van der Waals surface area contributed by atoms with Crippen molar-refractivity contribution >= 4 is 32.9 Å². The first kappa shape index (κ1) is 15.4. The van der Waals surface area contributed by atoms with E-state index in [0.29, 0.717) is 6.54 Å². The Hall–Kier alpha value is -1.49. The highest BCUT2D eigenvalue weighted by atomic mass is 79.9. The third kappa shape index (κ3) is 2.86. The van der Waals surface area contributed by atoms with E-state index in [0.717, 1.165) is 16.4 Å². The highest BCUT2D eigenvalue weighted by Crippen LogP contribution is 2.32. The molecule has 0 saturated carbocycles. The molecular weight excluding hydrogens is 344 g/mol. The molecule has 5 heteroatoms. The molecule has 4 nitrogen and oxygen atoms in total. The first-order valence-electron chi connectivity index (χ1n) is 7.53. The Morgan fingerprint density at radius 2 is 2.14 bits per heavy atom. The number of hydrogen-bond donors (Lipinski definition) is 1. The van der Waals surface area contributed by atoms with Crippen LogP contribution in [0.4, 0.5) is 4.79 Å².